The van der Waals surface area contributed by atoms with Gasteiger partial charge in [0.2, 0.25) is 0 Å². The fourth-order valence-electron chi connectivity index (χ4n) is 5.76. The maximum Gasteiger partial charge on any atom is 0.272 e. The van der Waals surface area contributed by atoms with Crippen molar-refractivity contribution in [2.24, 2.45) is 10.7 Å². The van der Waals surface area contributed by atoms with Crippen LogP contribution in [0, 0.1) is 0 Å². The highest BCUT2D eigenvalue weighted by Gasteiger charge is 2.31. The number of carbonyl (C=O) groups is 1. The second-order valence-corrected chi connectivity index (χ2v) is 11.0. The molecule has 3 aliphatic heterocycles. The first-order valence-corrected chi connectivity index (χ1v) is 14.0. The van der Waals surface area contributed by atoms with E-state index in [1.807, 2.05) is 11.8 Å². The molecule has 0 aromatic heterocycles. The number of carbonyl (C=O) groups excluding carboxylic acids is 1. The molecule has 2 saturated heterocycles. The van der Waals surface area contributed by atoms with Gasteiger partial charge in [0.15, 0.2) is 0 Å². The Bertz CT molecular complexity index is 1060. The van der Waals surface area contributed by atoms with E-state index in [2.05, 4.69) is 53.8 Å². The minimum atomic E-state index is -0.0795. The Morgan fingerprint density at radius 3 is 2.66 bits per heavy atom. The molecule has 38 heavy (non-hydrogen) atoms. The SMILES string of the molecule is C=C(/C(C)=C(\N=CN)C(=O)N1CCC(NC2CCOCC2OC)CC1)N1CCc2ccc(C(C)C)cc2C1. The molecule has 8 heteroatoms. The van der Waals surface area contributed by atoms with Crippen molar-refractivity contribution in [3.05, 3.63) is 58.4 Å². The molecule has 0 bridgehead atoms. The molecule has 1 aromatic carbocycles. The summed E-state index contributed by atoms with van der Waals surface area (Å²) >= 11 is 0. The number of nitrogens with two attached hydrogens (primary N) is 1. The number of benzene rings is 1. The standard InChI is InChI=1S/C30H45N5O3/c1-20(2)24-7-6-23-8-12-35(17-25(23)16-24)22(4)21(3)29(32-19-31)30(36)34-13-9-26(10-14-34)33-27-11-15-38-18-28(27)37-5/h6-7,16,19-20,26-28,33H,4,8-15,17-18H2,1-3,5H3,(H2,31,32)/b29-21-. The van der Waals surface area contributed by atoms with E-state index < -0.39 is 0 Å². The lowest BCUT2D eigenvalue weighted by molar-refractivity contribution is -0.128. The maximum atomic E-state index is 13.6. The summed E-state index contributed by atoms with van der Waals surface area (Å²) in [4.78, 5) is 22.1. The van der Waals surface area contributed by atoms with Crippen LogP contribution in [0.2, 0.25) is 0 Å². The lowest BCUT2D eigenvalue weighted by Gasteiger charge is -2.38. The summed E-state index contributed by atoms with van der Waals surface area (Å²) in [6.07, 6.45) is 4.97. The fourth-order valence-corrected chi connectivity index (χ4v) is 5.76. The predicted molar refractivity (Wildman–Crippen MR) is 152 cm³/mol. The maximum absolute atomic E-state index is 13.6. The number of hydrogen-bond donors (Lipinski definition) is 2. The van der Waals surface area contributed by atoms with Gasteiger partial charge in [-0.15, -0.1) is 0 Å². The van der Waals surface area contributed by atoms with Gasteiger partial charge in [-0.3, -0.25) is 4.79 Å². The number of allylic oxidation sites excluding steroid dienone is 1. The van der Waals surface area contributed by atoms with Crippen molar-refractivity contribution in [2.45, 2.75) is 77.1 Å². The highest BCUT2D eigenvalue weighted by Crippen LogP contribution is 2.29. The summed E-state index contributed by atoms with van der Waals surface area (Å²) < 4.78 is 11.1. The number of nitrogens with zero attached hydrogens (tertiary/aromatic N) is 3. The van der Waals surface area contributed by atoms with Crippen molar-refractivity contribution in [3.63, 3.8) is 0 Å². The van der Waals surface area contributed by atoms with Gasteiger partial charge in [-0.05, 0) is 55.2 Å². The third-order valence-electron chi connectivity index (χ3n) is 8.32. The van der Waals surface area contributed by atoms with E-state index in [1.165, 1.54) is 23.0 Å². The van der Waals surface area contributed by atoms with E-state index in [9.17, 15) is 4.79 Å². The summed E-state index contributed by atoms with van der Waals surface area (Å²) in [5, 5.41) is 3.75. The molecule has 0 saturated carbocycles. The van der Waals surface area contributed by atoms with Gasteiger partial charge < -0.3 is 30.3 Å². The van der Waals surface area contributed by atoms with Crippen molar-refractivity contribution in [1.82, 2.24) is 15.1 Å². The lowest BCUT2D eigenvalue weighted by atomic mass is 9.93. The molecule has 3 heterocycles. The quantitative estimate of drug-likeness (QED) is 0.235. The third kappa shape index (κ3) is 6.47. The number of nitrogens with one attached hydrogen (secondary N) is 1. The normalized spacial score (nSPS) is 23.5. The van der Waals surface area contributed by atoms with Gasteiger partial charge >= 0.3 is 0 Å². The minimum absolute atomic E-state index is 0.0733. The molecule has 1 aromatic rings. The Kier molecular flexibility index (Phi) is 9.63. The molecule has 1 amide bonds. The van der Waals surface area contributed by atoms with Gasteiger partial charge in [-0.2, -0.15) is 0 Å². The number of ether oxygens (including phenoxy) is 2. The fraction of sp³-hybridized carbons (Fsp3) is 0.600. The topological polar surface area (TPSA) is 92.4 Å². The van der Waals surface area contributed by atoms with Crippen LogP contribution in [0.25, 0.3) is 0 Å². The van der Waals surface area contributed by atoms with E-state index in [1.54, 1.807) is 7.11 Å². The van der Waals surface area contributed by atoms with Crippen molar-refractivity contribution in [1.29, 1.82) is 0 Å². The molecule has 0 radical (unpaired) electrons. The van der Waals surface area contributed by atoms with E-state index >= 15 is 0 Å². The molecular formula is C30H45N5O3. The number of aliphatic imine (C=N–C) groups is 1. The summed E-state index contributed by atoms with van der Waals surface area (Å²) in [5.74, 6) is 0.408. The van der Waals surface area contributed by atoms with Gasteiger partial charge in [0.05, 0.1) is 19.0 Å². The zero-order valence-electron chi connectivity index (χ0n) is 23.5. The molecule has 208 valence electrons. The molecule has 3 aliphatic rings. The van der Waals surface area contributed by atoms with Crippen LogP contribution in [0.3, 0.4) is 0 Å². The molecular weight excluding hydrogens is 478 g/mol. The Balaban J connectivity index is 1.41. The first kappa shape index (κ1) is 28.3. The number of likely N-dealkylation sites (tertiary alicyclic amines) is 1. The molecule has 0 aliphatic carbocycles. The summed E-state index contributed by atoms with van der Waals surface area (Å²) in [7, 11) is 1.74. The average molecular weight is 524 g/mol. The van der Waals surface area contributed by atoms with Gasteiger partial charge in [0, 0.05) is 63.2 Å². The van der Waals surface area contributed by atoms with E-state index in [0.29, 0.717) is 37.4 Å². The number of amides is 1. The molecule has 3 N–H and O–H groups in total. The van der Waals surface area contributed by atoms with Crippen LogP contribution in [0.5, 0.6) is 0 Å². The van der Waals surface area contributed by atoms with Crippen LogP contribution in [0.4, 0.5) is 0 Å². The van der Waals surface area contributed by atoms with Crippen LogP contribution in [0.15, 0.2) is 46.7 Å². The average Bonchev–Trinajstić information content (AvgIpc) is 2.94. The Morgan fingerprint density at radius 2 is 1.97 bits per heavy atom. The molecule has 2 atom stereocenters. The van der Waals surface area contributed by atoms with Gasteiger partial charge in [-0.1, -0.05) is 38.6 Å². The minimum Gasteiger partial charge on any atom is -0.390 e. The number of fused-ring (bicyclic) bond motifs is 1. The molecule has 0 spiro atoms. The zero-order valence-corrected chi connectivity index (χ0v) is 23.5. The number of hydrogen-bond acceptors (Lipinski definition) is 6. The predicted octanol–water partition coefficient (Wildman–Crippen LogP) is 3.33. The van der Waals surface area contributed by atoms with E-state index in [-0.39, 0.29) is 18.1 Å². The highest BCUT2D eigenvalue weighted by atomic mass is 16.5. The van der Waals surface area contributed by atoms with Crippen molar-refractivity contribution < 1.29 is 14.3 Å². The molecule has 8 nitrogen and oxygen atoms in total. The molecule has 4 rings (SSSR count). The lowest BCUT2D eigenvalue weighted by Crippen LogP contribution is -2.54. The van der Waals surface area contributed by atoms with E-state index in [4.69, 9.17) is 15.2 Å². The first-order valence-electron chi connectivity index (χ1n) is 14.0. The smallest absolute Gasteiger partial charge is 0.272 e. The molecule has 2 fully saturated rings. The zero-order chi connectivity index (χ0) is 27.2. The Labute approximate surface area is 227 Å². The summed E-state index contributed by atoms with van der Waals surface area (Å²) in [6.45, 7) is 15.1. The van der Waals surface area contributed by atoms with Crippen molar-refractivity contribution >= 4 is 12.2 Å². The van der Waals surface area contributed by atoms with Crippen LogP contribution in [-0.2, 0) is 27.2 Å². The largest absolute Gasteiger partial charge is 0.390 e. The van der Waals surface area contributed by atoms with Gasteiger partial charge in [0.25, 0.3) is 5.91 Å². The van der Waals surface area contributed by atoms with Crippen molar-refractivity contribution in [3.8, 4) is 0 Å². The van der Waals surface area contributed by atoms with Crippen LogP contribution in [-0.4, -0.2) is 80.2 Å². The first-order chi connectivity index (χ1) is 18.3. The highest BCUT2D eigenvalue weighted by molar-refractivity contribution is 5.95. The number of piperidine rings is 1. The second-order valence-electron chi connectivity index (χ2n) is 11.0. The second kappa shape index (κ2) is 12.9. The number of methoxy groups -OCH3 is 1. The van der Waals surface area contributed by atoms with Gasteiger partial charge in [-0.25, -0.2) is 4.99 Å². The van der Waals surface area contributed by atoms with Crippen LogP contribution >= 0.6 is 0 Å². The monoisotopic (exact) mass is 523 g/mol. The third-order valence-corrected chi connectivity index (χ3v) is 8.32. The molecule has 2 unspecified atom stereocenters. The number of rotatable bonds is 8. The summed E-state index contributed by atoms with van der Waals surface area (Å²) in [6, 6.07) is 7.46. The van der Waals surface area contributed by atoms with Crippen LogP contribution in [0.1, 0.15) is 62.6 Å². The van der Waals surface area contributed by atoms with Crippen LogP contribution < -0.4 is 11.1 Å². The van der Waals surface area contributed by atoms with E-state index in [0.717, 1.165) is 56.6 Å². The Hall–Kier alpha value is -2.68. The Morgan fingerprint density at radius 1 is 1.21 bits per heavy atom. The van der Waals surface area contributed by atoms with Crippen molar-refractivity contribution in [2.75, 3.05) is 40.0 Å². The summed E-state index contributed by atoms with van der Waals surface area (Å²) in [5.41, 5.74) is 11.8. The van der Waals surface area contributed by atoms with Gasteiger partial charge in [0.1, 0.15) is 5.70 Å².